The SMILES string of the molecule is CON(C)C(=O)Oc1cccc2nc3ccccc3nc12. The topological polar surface area (TPSA) is 64.5 Å². The Morgan fingerprint density at radius 1 is 1.00 bits per heavy atom. The van der Waals surface area contributed by atoms with Crippen molar-refractivity contribution >= 4 is 28.2 Å². The van der Waals surface area contributed by atoms with Gasteiger partial charge in [0.1, 0.15) is 5.52 Å². The predicted molar refractivity (Wildman–Crippen MR) is 77.8 cm³/mol. The second-order valence-corrected chi connectivity index (χ2v) is 4.38. The van der Waals surface area contributed by atoms with Gasteiger partial charge in [0.2, 0.25) is 0 Å². The monoisotopic (exact) mass is 283 g/mol. The van der Waals surface area contributed by atoms with Crippen molar-refractivity contribution in [1.82, 2.24) is 15.0 Å². The molecule has 1 heterocycles. The number of aromatic nitrogens is 2. The van der Waals surface area contributed by atoms with E-state index < -0.39 is 6.09 Å². The molecule has 1 amide bonds. The summed E-state index contributed by atoms with van der Waals surface area (Å²) in [5.74, 6) is 0.347. The first kappa shape index (κ1) is 13.3. The Balaban J connectivity index is 2.10. The maximum atomic E-state index is 11.8. The number of hydrogen-bond acceptors (Lipinski definition) is 5. The van der Waals surface area contributed by atoms with Crippen molar-refractivity contribution in [2.75, 3.05) is 14.2 Å². The van der Waals surface area contributed by atoms with Crippen molar-refractivity contribution < 1.29 is 14.4 Å². The standard InChI is InChI=1S/C15H13N3O3/c1-18(20-2)15(19)21-13-9-5-8-12-14(13)17-11-7-4-3-6-10(11)16-12/h3-9H,1-2H3. The summed E-state index contributed by atoms with van der Waals surface area (Å²) in [6.45, 7) is 0. The van der Waals surface area contributed by atoms with Crippen molar-refractivity contribution in [3.63, 3.8) is 0 Å². The number of rotatable bonds is 2. The summed E-state index contributed by atoms with van der Waals surface area (Å²) in [6, 6.07) is 12.8. The van der Waals surface area contributed by atoms with E-state index in [0.717, 1.165) is 16.1 Å². The molecule has 0 saturated carbocycles. The number of hydroxylamine groups is 2. The van der Waals surface area contributed by atoms with Crippen LogP contribution in [0.5, 0.6) is 5.75 Å². The minimum Gasteiger partial charge on any atom is -0.406 e. The molecule has 0 aliphatic carbocycles. The van der Waals surface area contributed by atoms with Gasteiger partial charge in [-0.2, -0.15) is 5.06 Å². The van der Waals surface area contributed by atoms with Crippen LogP contribution in [0.2, 0.25) is 0 Å². The van der Waals surface area contributed by atoms with Crippen LogP contribution in [0.1, 0.15) is 0 Å². The van der Waals surface area contributed by atoms with Gasteiger partial charge in [-0.15, -0.1) is 0 Å². The van der Waals surface area contributed by atoms with Gasteiger partial charge in [0.25, 0.3) is 0 Å². The Labute approximate surface area is 120 Å². The second-order valence-electron chi connectivity index (χ2n) is 4.38. The Kier molecular flexibility index (Phi) is 3.37. The fraction of sp³-hybridized carbons (Fsp3) is 0.133. The fourth-order valence-electron chi connectivity index (χ4n) is 1.93. The molecule has 0 unspecified atom stereocenters. The maximum Gasteiger partial charge on any atom is 0.439 e. The number of amides is 1. The van der Waals surface area contributed by atoms with Crippen LogP contribution in [0.4, 0.5) is 4.79 Å². The Morgan fingerprint density at radius 3 is 2.38 bits per heavy atom. The molecule has 0 fully saturated rings. The molecule has 6 heteroatoms. The Bertz CT molecular complexity index is 819. The molecule has 3 rings (SSSR count). The van der Waals surface area contributed by atoms with E-state index in [1.54, 1.807) is 12.1 Å². The molecular weight excluding hydrogens is 270 g/mol. The van der Waals surface area contributed by atoms with Crippen molar-refractivity contribution in [2.45, 2.75) is 0 Å². The molecule has 0 saturated heterocycles. The van der Waals surface area contributed by atoms with Crippen LogP contribution in [-0.4, -0.2) is 35.3 Å². The van der Waals surface area contributed by atoms with E-state index >= 15 is 0 Å². The van der Waals surface area contributed by atoms with Gasteiger partial charge in [0.05, 0.1) is 23.7 Å². The third-order valence-corrected chi connectivity index (χ3v) is 3.06. The third-order valence-electron chi connectivity index (χ3n) is 3.06. The lowest BCUT2D eigenvalue weighted by Crippen LogP contribution is -2.28. The highest BCUT2D eigenvalue weighted by atomic mass is 16.7. The van der Waals surface area contributed by atoms with Gasteiger partial charge in [-0.3, -0.25) is 4.84 Å². The van der Waals surface area contributed by atoms with Crippen LogP contribution >= 0.6 is 0 Å². The number of fused-ring (bicyclic) bond motifs is 2. The summed E-state index contributed by atoms with van der Waals surface area (Å²) in [6.07, 6.45) is -0.625. The molecule has 0 aliphatic heterocycles. The van der Waals surface area contributed by atoms with E-state index in [0.29, 0.717) is 16.8 Å². The maximum absolute atomic E-state index is 11.8. The number of carbonyl (C=O) groups is 1. The average Bonchev–Trinajstić information content (AvgIpc) is 2.52. The van der Waals surface area contributed by atoms with Crippen LogP contribution < -0.4 is 4.74 Å². The lowest BCUT2D eigenvalue weighted by Gasteiger charge is -2.14. The van der Waals surface area contributed by atoms with Crippen molar-refractivity contribution in [2.24, 2.45) is 0 Å². The number of hydrogen-bond donors (Lipinski definition) is 0. The summed E-state index contributed by atoms with van der Waals surface area (Å²) in [4.78, 5) is 25.6. The molecule has 0 aliphatic rings. The highest BCUT2D eigenvalue weighted by Gasteiger charge is 2.14. The van der Waals surface area contributed by atoms with E-state index in [-0.39, 0.29) is 0 Å². The zero-order valence-corrected chi connectivity index (χ0v) is 11.6. The minimum atomic E-state index is -0.625. The smallest absolute Gasteiger partial charge is 0.406 e. The summed E-state index contributed by atoms with van der Waals surface area (Å²) in [7, 11) is 2.85. The van der Waals surface area contributed by atoms with Crippen molar-refractivity contribution in [1.29, 1.82) is 0 Å². The first-order valence-electron chi connectivity index (χ1n) is 6.34. The molecular formula is C15H13N3O3. The third kappa shape index (κ3) is 2.48. The van der Waals surface area contributed by atoms with Crippen LogP contribution in [0.15, 0.2) is 42.5 Å². The first-order chi connectivity index (χ1) is 10.2. The zero-order valence-electron chi connectivity index (χ0n) is 11.6. The van der Waals surface area contributed by atoms with Crippen LogP contribution in [0.3, 0.4) is 0 Å². The average molecular weight is 283 g/mol. The van der Waals surface area contributed by atoms with Gasteiger partial charge < -0.3 is 4.74 Å². The van der Waals surface area contributed by atoms with Gasteiger partial charge in [-0.25, -0.2) is 14.8 Å². The summed E-state index contributed by atoms with van der Waals surface area (Å²) in [5, 5.41) is 0.993. The molecule has 0 atom stereocenters. The van der Waals surface area contributed by atoms with Crippen molar-refractivity contribution in [3.05, 3.63) is 42.5 Å². The van der Waals surface area contributed by atoms with Gasteiger partial charge >= 0.3 is 6.09 Å². The molecule has 3 aromatic rings. The molecule has 21 heavy (non-hydrogen) atoms. The number of benzene rings is 2. The molecule has 0 N–H and O–H groups in total. The van der Waals surface area contributed by atoms with Crippen molar-refractivity contribution in [3.8, 4) is 5.75 Å². The zero-order chi connectivity index (χ0) is 14.8. The van der Waals surface area contributed by atoms with Gasteiger partial charge in [-0.05, 0) is 24.3 Å². The molecule has 0 radical (unpaired) electrons. The summed E-state index contributed by atoms with van der Waals surface area (Å²) >= 11 is 0. The highest BCUT2D eigenvalue weighted by molar-refractivity contribution is 5.90. The molecule has 2 aromatic carbocycles. The Morgan fingerprint density at radius 2 is 1.67 bits per heavy atom. The summed E-state index contributed by atoms with van der Waals surface area (Å²) < 4.78 is 5.29. The largest absolute Gasteiger partial charge is 0.439 e. The number of carbonyl (C=O) groups excluding carboxylic acids is 1. The second kappa shape index (κ2) is 5.34. The van der Waals surface area contributed by atoms with E-state index in [9.17, 15) is 4.79 Å². The van der Waals surface area contributed by atoms with Crippen LogP contribution in [0, 0.1) is 0 Å². The highest BCUT2D eigenvalue weighted by Crippen LogP contribution is 2.25. The predicted octanol–water partition coefficient (Wildman–Crippen LogP) is 2.78. The fourth-order valence-corrected chi connectivity index (χ4v) is 1.93. The van der Waals surface area contributed by atoms with Crippen LogP contribution in [0.25, 0.3) is 22.1 Å². The lowest BCUT2D eigenvalue weighted by atomic mass is 10.2. The van der Waals surface area contributed by atoms with E-state index in [1.165, 1.54) is 14.2 Å². The summed E-state index contributed by atoms with van der Waals surface area (Å²) in [5.41, 5.74) is 2.74. The van der Waals surface area contributed by atoms with Crippen LogP contribution in [-0.2, 0) is 4.84 Å². The lowest BCUT2D eigenvalue weighted by molar-refractivity contribution is -0.0789. The van der Waals surface area contributed by atoms with Gasteiger partial charge in [0, 0.05) is 7.05 Å². The Hall–Kier alpha value is -2.73. The normalized spacial score (nSPS) is 10.8. The number of para-hydroxylation sites is 3. The molecule has 0 bridgehead atoms. The molecule has 1 aromatic heterocycles. The molecule has 6 nitrogen and oxygen atoms in total. The molecule has 0 spiro atoms. The van der Waals surface area contributed by atoms with E-state index in [1.807, 2.05) is 30.3 Å². The van der Waals surface area contributed by atoms with E-state index in [2.05, 4.69) is 9.97 Å². The van der Waals surface area contributed by atoms with Gasteiger partial charge in [0.15, 0.2) is 5.75 Å². The first-order valence-corrected chi connectivity index (χ1v) is 6.34. The van der Waals surface area contributed by atoms with Gasteiger partial charge in [-0.1, -0.05) is 18.2 Å². The minimum absolute atomic E-state index is 0.347. The number of nitrogens with zero attached hydrogens (tertiary/aromatic N) is 3. The quantitative estimate of drug-likeness (QED) is 0.534. The number of ether oxygens (including phenoxy) is 1. The molecule has 106 valence electrons. The van der Waals surface area contributed by atoms with E-state index in [4.69, 9.17) is 9.57 Å².